The maximum atomic E-state index is 12.8. The van der Waals surface area contributed by atoms with Crippen LogP contribution in [0.15, 0.2) is 65.3 Å². The Morgan fingerprint density at radius 1 is 1.06 bits per heavy atom. The number of nitro benzene ring substituents is 1. The van der Waals surface area contributed by atoms with Crippen LogP contribution in [0.2, 0.25) is 0 Å². The number of nitro groups is 1. The monoisotopic (exact) mass is 484 g/mol. The highest BCUT2D eigenvalue weighted by atomic mass is 16.6. The topological polar surface area (TPSA) is 94.6 Å². The summed E-state index contributed by atoms with van der Waals surface area (Å²) in [6, 6.07) is 14.5. The molecule has 3 aromatic carbocycles. The zero-order valence-corrected chi connectivity index (χ0v) is 21.0. The fraction of sp³-hybridized carbons (Fsp3) is 0.207. The lowest BCUT2D eigenvalue weighted by Gasteiger charge is -2.12. The van der Waals surface area contributed by atoms with Gasteiger partial charge in [0.05, 0.1) is 17.8 Å². The summed E-state index contributed by atoms with van der Waals surface area (Å²) in [4.78, 5) is 23.4. The van der Waals surface area contributed by atoms with Gasteiger partial charge in [0.25, 0.3) is 5.69 Å². The molecule has 0 unspecified atom stereocenters. The quantitative estimate of drug-likeness (QED) is 0.168. The Morgan fingerprint density at radius 3 is 2.50 bits per heavy atom. The zero-order chi connectivity index (χ0) is 26.0. The number of furan rings is 1. The summed E-state index contributed by atoms with van der Waals surface area (Å²) < 4.78 is 11.8. The molecule has 0 aliphatic rings. The number of rotatable bonds is 7. The first-order chi connectivity index (χ1) is 17.2. The molecule has 36 heavy (non-hydrogen) atoms. The summed E-state index contributed by atoms with van der Waals surface area (Å²) >= 11 is 0. The molecule has 7 heteroatoms. The van der Waals surface area contributed by atoms with Gasteiger partial charge in [-0.25, -0.2) is 0 Å². The zero-order valence-electron chi connectivity index (χ0n) is 21.0. The largest absolute Gasteiger partial charge is 0.493 e. The van der Waals surface area contributed by atoms with E-state index in [9.17, 15) is 14.9 Å². The molecule has 0 saturated heterocycles. The molecule has 7 nitrogen and oxygen atoms in total. The molecule has 0 fully saturated rings. The Bertz CT molecular complexity index is 1510. The van der Waals surface area contributed by atoms with Gasteiger partial charge in [-0.05, 0) is 69.0 Å². The van der Waals surface area contributed by atoms with Gasteiger partial charge < -0.3 is 14.5 Å². The molecule has 1 heterocycles. The number of nitrogens with zero attached hydrogens (tertiary/aromatic N) is 1. The Morgan fingerprint density at radius 2 is 1.83 bits per heavy atom. The third-order valence-electron chi connectivity index (χ3n) is 6.10. The van der Waals surface area contributed by atoms with Gasteiger partial charge in [0, 0.05) is 46.5 Å². The van der Waals surface area contributed by atoms with Crippen molar-refractivity contribution in [2.45, 2.75) is 34.6 Å². The van der Waals surface area contributed by atoms with Crippen molar-refractivity contribution in [3.63, 3.8) is 0 Å². The van der Waals surface area contributed by atoms with Crippen LogP contribution in [0.1, 0.15) is 36.1 Å². The Labute approximate surface area is 209 Å². The number of anilines is 1. The number of carbonyl (C=O) groups is 1. The fourth-order valence-corrected chi connectivity index (χ4v) is 4.31. The van der Waals surface area contributed by atoms with E-state index in [2.05, 4.69) is 37.4 Å². The minimum atomic E-state index is -0.462. The average molecular weight is 485 g/mol. The van der Waals surface area contributed by atoms with Crippen molar-refractivity contribution in [2.24, 2.45) is 0 Å². The predicted molar refractivity (Wildman–Crippen MR) is 142 cm³/mol. The third kappa shape index (κ3) is 5.00. The molecule has 1 N–H and O–H groups in total. The highest BCUT2D eigenvalue weighted by Gasteiger charge is 2.17. The van der Waals surface area contributed by atoms with Crippen LogP contribution in [0, 0.1) is 30.9 Å². The minimum absolute atomic E-state index is 0.0217. The van der Waals surface area contributed by atoms with Crippen LogP contribution < -0.4 is 10.1 Å². The highest BCUT2D eigenvalue weighted by molar-refractivity contribution is 6.05. The molecule has 184 valence electrons. The number of ether oxygens (including phenoxy) is 1. The lowest BCUT2D eigenvalue weighted by atomic mass is 9.96. The number of non-ortho nitro benzene ring substituents is 1. The standard InChI is InChI=1S/C29H28N2O5/c1-6-35-27-15-28-24(25(16-36-28)22-9-7-17(2)11-18(22)3)14-23(27)19(4)13-29(32)30-26-10-8-21(31(33)34)12-20(26)5/h7-16H,6H2,1-5H3,(H,30,32)/b19-13+. The van der Waals surface area contributed by atoms with Gasteiger partial charge in [-0.2, -0.15) is 0 Å². The second-order valence-electron chi connectivity index (χ2n) is 8.82. The lowest BCUT2D eigenvalue weighted by molar-refractivity contribution is -0.384. The maximum absolute atomic E-state index is 12.8. The van der Waals surface area contributed by atoms with Crippen LogP contribution in [0.3, 0.4) is 0 Å². The second-order valence-corrected chi connectivity index (χ2v) is 8.82. The summed E-state index contributed by atoms with van der Waals surface area (Å²) in [5.74, 6) is 0.286. The van der Waals surface area contributed by atoms with Crippen LogP contribution in [-0.2, 0) is 4.79 Å². The number of carbonyl (C=O) groups excluding carboxylic acids is 1. The van der Waals surface area contributed by atoms with Crippen molar-refractivity contribution in [1.82, 2.24) is 0 Å². The van der Waals surface area contributed by atoms with Crippen molar-refractivity contribution in [3.8, 4) is 16.9 Å². The first kappa shape index (κ1) is 24.7. The number of hydrogen-bond donors (Lipinski definition) is 1. The summed E-state index contributed by atoms with van der Waals surface area (Å²) in [7, 11) is 0. The third-order valence-corrected chi connectivity index (χ3v) is 6.10. The molecule has 1 aromatic heterocycles. The predicted octanol–water partition coefficient (Wildman–Crippen LogP) is 7.37. The van der Waals surface area contributed by atoms with Gasteiger partial charge in [0.15, 0.2) is 0 Å². The van der Waals surface area contributed by atoms with Crippen molar-refractivity contribution in [1.29, 1.82) is 0 Å². The molecule has 0 radical (unpaired) electrons. The first-order valence-corrected chi connectivity index (χ1v) is 11.7. The normalized spacial score (nSPS) is 11.5. The van der Waals surface area contributed by atoms with Gasteiger partial charge in [-0.3, -0.25) is 14.9 Å². The molecule has 0 aliphatic carbocycles. The van der Waals surface area contributed by atoms with E-state index >= 15 is 0 Å². The van der Waals surface area contributed by atoms with E-state index in [1.54, 1.807) is 13.2 Å². The van der Waals surface area contributed by atoms with Crippen molar-refractivity contribution < 1.29 is 18.9 Å². The van der Waals surface area contributed by atoms with Gasteiger partial charge in [-0.1, -0.05) is 23.8 Å². The van der Waals surface area contributed by atoms with Crippen molar-refractivity contribution >= 4 is 33.8 Å². The van der Waals surface area contributed by atoms with E-state index in [0.29, 0.717) is 34.8 Å². The number of aryl methyl sites for hydroxylation is 3. The molecule has 0 atom stereocenters. The smallest absolute Gasteiger partial charge is 0.269 e. The van der Waals surface area contributed by atoms with Gasteiger partial charge in [0.1, 0.15) is 11.3 Å². The van der Waals surface area contributed by atoms with Crippen LogP contribution in [0.5, 0.6) is 5.75 Å². The Kier molecular flexibility index (Phi) is 6.92. The molecule has 0 saturated carbocycles. The van der Waals surface area contributed by atoms with Crippen molar-refractivity contribution in [3.05, 3.63) is 93.2 Å². The van der Waals surface area contributed by atoms with Crippen LogP contribution >= 0.6 is 0 Å². The highest BCUT2D eigenvalue weighted by Crippen LogP contribution is 2.38. The van der Waals surface area contributed by atoms with Gasteiger partial charge >= 0.3 is 0 Å². The summed E-state index contributed by atoms with van der Waals surface area (Å²) in [5.41, 5.74) is 7.71. The van der Waals surface area contributed by atoms with Gasteiger partial charge in [-0.15, -0.1) is 0 Å². The number of benzene rings is 3. The summed E-state index contributed by atoms with van der Waals surface area (Å²) in [5, 5.41) is 14.7. The van der Waals surface area contributed by atoms with Gasteiger partial charge in [0.2, 0.25) is 5.91 Å². The number of fused-ring (bicyclic) bond motifs is 1. The summed E-state index contributed by atoms with van der Waals surface area (Å²) in [6.07, 6.45) is 3.26. The number of amides is 1. The van der Waals surface area contributed by atoms with E-state index in [1.165, 1.54) is 29.8 Å². The van der Waals surface area contributed by atoms with E-state index in [4.69, 9.17) is 9.15 Å². The number of allylic oxidation sites excluding steroid dienone is 1. The Balaban J connectivity index is 1.71. The fourth-order valence-electron chi connectivity index (χ4n) is 4.31. The first-order valence-electron chi connectivity index (χ1n) is 11.7. The maximum Gasteiger partial charge on any atom is 0.269 e. The molecular formula is C29H28N2O5. The van der Waals surface area contributed by atoms with E-state index in [-0.39, 0.29) is 11.6 Å². The molecule has 1 amide bonds. The molecule has 0 aliphatic heterocycles. The lowest BCUT2D eigenvalue weighted by Crippen LogP contribution is -2.10. The molecule has 4 aromatic rings. The molecular weight excluding hydrogens is 456 g/mol. The number of hydrogen-bond acceptors (Lipinski definition) is 5. The Hall–Kier alpha value is -4.39. The minimum Gasteiger partial charge on any atom is -0.493 e. The van der Waals surface area contributed by atoms with Crippen LogP contribution in [0.25, 0.3) is 27.7 Å². The SMILES string of the molecule is CCOc1cc2occ(-c3ccc(C)cc3C)c2cc1/C(C)=C/C(=O)Nc1ccc([N+](=O)[O-])cc1C. The average Bonchev–Trinajstić information content (AvgIpc) is 3.22. The van der Waals surface area contributed by atoms with Crippen LogP contribution in [-0.4, -0.2) is 17.4 Å². The summed E-state index contributed by atoms with van der Waals surface area (Å²) in [6.45, 7) is 10.1. The van der Waals surface area contributed by atoms with E-state index in [0.717, 1.165) is 27.6 Å². The van der Waals surface area contributed by atoms with E-state index in [1.807, 2.05) is 26.0 Å². The second kappa shape index (κ2) is 10.1. The van der Waals surface area contributed by atoms with Crippen LogP contribution in [0.4, 0.5) is 11.4 Å². The molecule has 0 spiro atoms. The number of nitrogens with one attached hydrogen (secondary N) is 1. The van der Waals surface area contributed by atoms with E-state index < -0.39 is 4.92 Å². The molecule has 0 bridgehead atoms. The molecule has 4 rings (SSSR count). The van der Waals surface area contributed by atoms with Crippen molar-refractivity contribution in [2.75, 3.05) is 11.9 Å².